The Hall–Kier alpha value is -4.05. The molecule has 0 saturated carbocycles. The molecule has 4 heterocycles. The lowest BCUT2D eigenvalue weighted by Crippen LogP contribution is -2.37. The third-order valence-corrected chi connectivity index (χ3v) is 7.73. The summed E-state index contributed by atoms with van der Waals surface area (Å²) in [6.45, 7) is 8.16. The zero-order valence-corrected chi connectivity index (χ0v) is 24.0. The zero-order valence-electron chi connectivity index (χ0n) is 24.0. The van der Waals surface area contributed by atoms with E-state index in [4.69, 9.17) is 4.98 Å². The van der Waals surface area contributed by atoms with Crippen molar-refractivity contribution in [2.24, 2.45) is 0 Å². The fourth-order valence-electron chi connectivity index (χ4n) is 5.48. The Balaban J connectivity index is 1.20. The van der Waals surface area contributed by atoms with Crippen molar-refractivity contribution in [1.82, 2.24) is 29.6 Å². The molecule has 3 N–H and O–H groups in total. The average molecular weight is 557 g/mol. The van der Waals surface area contributed by atoms with E-state index in [1.807, 2.05) is 35.9 Å². The third kappa shape index (κ3) is 7.58. The van der Waals surface area contributed by atoms with E-state index in [0.29, 0.717) is 18.8 Å². The molecule has 0 fully saturated rings. The van der Waals surface area contributed by atoms with Gasteiger partial charge < -0.3 is 20.6 Å². The summed E-state index contributed by atoms with van der Waals surface area (Å²) >= 11 is 0. The minimum Gasteiger partial charge on any atom is -0.480 e. The fraction of sp³-hybridized carbons (Fsp3) is 0.452. The van der Waals surface area contributed by atoms with Gasteiger partial charge in [0, 0.05) is 36.4 Å². The van der Waals surface area contributed by atoms with E-state index in [-0.39, 0.29) is 0 Å². The Morgan fingerprint density at radius 3 is 2.83 bits per heavy atom. The predicted octanol–water partition coefficient (Wildman–Crippen LogP) is 4.48. The number of aliphatic carboxylic acids is 1. The van der Waals surface area contributed by atoms with E-state index in [1.54, 1.807) is 0 Å². The lowest BCUT2D eigenvalue weighted by molar-refractivity contribution is -0.138. The monoisotopic (exact) mass is 556 g/mol. The highest BCUT2D eigenvalue weighted by molar-refractivity contribution is 5.90. The van der Waals surface area contributed by atoms with Crippen molar-refractivity contribution in [1.29, 1.82) is 0 Å². The molecule has 41 heavy (non-hydrogen) atoms. The van der Waals surface area contributed by atoms with Crippen molar-refractivity contribution in [2.45, 2.75) is 65.0 Å². The number of anilines is 2. The summed E-state index contributed by atoms with van der Waals surface area (Å²) in [6.07, 6.45) is 7.14. The van der Waals surface area contributed by atoms with Crippen LogP contribution in [0.25, 0.3) is 10.9 Å². The third-order valence-electron chi connectivity index (χ3n) is 7.73. The number of nitrogens with one attached hydrogen (secondary N) is 2. The van der Waals surface area contributed by atoms with Crippen LogP contribution in [0.3, 0.4) is 0 Å². The molecule has 1 aliphatic rings. The first kappa shape index (κ1) is 28.5. The van der Waals surface area contributed by atoms with Crippen LogP contribution < -0.4 is 10.6 Å². The van der Waals surface area contributed by atoms with Crippen LogP contribution in [0.4, 0.5) is 11.6 Å². The van der Waals surface area contributed by atoms with Gasteiger partial charge in [-0.1, -0.05) is 18.2 Å². The van der Waals surface area contributed by atoms with Crippen LogP contribution in [0.15, 0.2) is 48.8 Å². The molecule has 0 saturated heterocycles. The van der Waals surface area contributed by atoms with Gasteiger partial charge in [0.25, 0.3) is 0 Å². The number of hydrogen-bond acceptors (Lipinski definition) is 8. The van der Waals surface area contributed by atoms with E-state index in [2.05, 4.69) is 55.7 Å². The number of carboxylic acids is 1. The van der Waals surface area contributed by atoms with Gasteiger partial charge >= 0.3 is 5.97 Å². The maximum atomic E-state index is 12.2. The molecule has 0 unspecified atom stereocenters. The molecule has 0 aliphatic carbocycles. The van der Waals surface area contributed by atoms with Crippen LogP contribution in [0.1, 0.15) is 48.3 Å². The average Bonchev–Trinajstić information content (AvgIpc) is 3.31. The molecule has 1 aromatic carbocycles. The zero-order chi connectivity index (χ0) is 28.6. The lowest BCUT2D eigenvalue weighted by Gasteiger charge is -2.25. The van der Waals surface area contributed by atoms with Gasteiger partial charge in [-0.3, -0.25) is 4.68 Å². The highest BCUT2D eigenvalue weighted by atomic mass is 16.4. The molecule has 1 atom stereocenters. The highest BCUT2D eigenvalue weighted by Gasteiger charge is 2.21. The van der Waals surface area contributed by atoms with E-state index in [9.17, 15) is 9.90 Å². The lowest BCUT2D eigenvalue weighted by atomic mass is 10.1. The van der Waals surface area contributed by atoms with Crippen molar-refractivity contribution in [2.75, 3.05) is 36.8 Å². The Kier molecular flexibility index (Phi) is 9.40. The molecule has 1 aliphatic heterocycles. The maximum Gasteiger partial charge on any atom is 0.326 e. The summed E-state index contributed by atoms with van der Waals surface area (Å²) in [6, 6.07) is 13.3. The predicted molar refractivity (Wildman–Crippen MR) is 161 cm³/mol. The van der Waals surface area contributed by atoms with Gasteiger partial charge in [0.1, 0.15) is 24.0 Å². The van der Waals surface area contributed by atoms with Crippen molar-refractivity contribution in [3.63, 3.8) is 0 Å². The molecular formula is C31H40N8O2. The second-order valence-corrected chi connectivity index (χ2v) is 10.9. The number of rotatable bonds is 14. The van der Waals surface area contributed by atoms with Gasteiger partial charge in [0.2, 0.25) is 0 Å². The number of benzene rings is 1. The van der Waals surface area contributed by atoms with E-state index < -0.39 is 12.0 Å². The first-order valence-corrected chi connectivity index (χ1v) is 14.6. The smallest absolute Gasteiger partial charge is 0.326 e. The number of carbonyl (C=O) groups is 1. The van der Waals surface area contributed by atoms with Crippen LogP contribution in [-0.4, -0.2) is 72.9 Å². The van der Waals surface area contributed by atoms with E-state index >= 15 is 0 Å². The van der Waals surface area contributed by atoms with Crippen LogP contribution in [-0.2, 0) is 24.2 Å². The minimum atomic E-state index is -0.890. The Bertz CT molecular complexity index is 1460. The quantitative estimate of drug-likeness (QED) is 0.193. The van der Waals surface area contributed by atoms with Crippen molar-refractivity contribution in [3.05, 3.63) is 71.4 Å². The Morgan fingerprint density at radius 2 is 2.00 bits per heavy atom. The number of unbranched alkanes of at least 4 members (excludes halogenated alkanes) is 1. The highest BCUT2D eigenvalue weighted by Crippen LogP contribution is 2.21. The molecule has 10 heteroatoms. The molecule has 4 aromatic rings. The standard InChI is InChI=1S/C31H40N8O2/c1-22-20-23(2)39(37-22)19-18-38(16-6-5-9-25-13-12-24-8-7-15-32-29(24)35-25)17-14-28(31(40)41)36-30-26-10-3-4-11-27(26)33-21-34-30/h3-4,10-13,20-21,28H,5-9,14-19H2,1-2H3,(H,32,35)(H,40,41)(H,33,34,36)/t28-/m0/s1. The van der Waals surface area contributed by atoms with Crippen molar-refractivity contribution in [3.8, 4) is 0 Å². The summed E-state index contributed by atoms with van der Waals surface area (Å²) in [5.41, 5.74) is 5.36. The number of hydrogen-bond donors (Lipinski definition) is 3. The topological polar surface area (TPSA) is 121 Å². The van der Waals surface area contributed by atoms with Crippen molar-refractivity contribution >= 4 is 28.5 Å². The second kappa shape index (κ2) is 13.5. The molecular weight excluding hydrogens is 516 g/mol. The number of pyridine rings is 1. The van der Waals surface area contributed by atoms with Crippen LogP contribution in [0.5, 0.6) is 0 Å². The van der Waals surface area contributed by atoms with Crippen LogP contribution >= 0.6 is 0 Å². The largest absolute Gasteiger partial charge is 0.480 e. The maximum absolute atomic E-state index is 12.2. The first-order valence-electron chi connectivity index (χ1n) is 14.6. The number of nitrogens with zero attached hydrogens (tertiary/aromatic N) is 6. The molecule has 5 rings (SSSR count). The summed E-state index contributed by atoms with van der Waals surface area (Å²) < 4.78 is 2.03. The number of para-hydroxylation sites is 1. The number of aromatic nitrogens is 5. The summed E-state index contributed by atoms with van der Waals surface area (Å²) in [7, 11) is 0. The molecule has 0 bridgehead atoms. The molecule has 3 aromatic heterocycles. The molecule has 0 amide bonds. The number of fused-ring (bicyclic) bond motifs is 2. The normalized spacial score (nSPS) is 13.6. The van der Waals surface area contributed by atoms with E-state index in [1.165, 1.54) is 11.9 Å². The summed E-state index contributed by atoms with van der Waals surface area (Å²) in [5.74, 6) is 0.700. The van der Waals surface area contributed by atoms with Crippen molar-refractivity contribution < 1.29 is 9.90 Å². The minimum absolute atomic E-state index is 0.447. The van der Waals surface area contributed by atoms with Gasteiger partial charge in [-0.15, -0.1) is 0 Å². The first-order chi connectivity index (χ1) is 20.0. The number of aryl methyl sites for hydroxylation is 4. The van der Waals surface area contributed by atoms with Crippen LogP contribution in [0, 0.1) is 13.8 Å². The molecule has 0 spiro atoms. The molecule has 0 radical (unpaired) electrons. The Morgan fingerprint density at radius 1 is 1.12 bits per heavy atom. The van der Waals surface area contributed by atoms with Gasteiger partial charge in [0.05, 0.1) is 17.8 Å². The SMILES string of the molecule is Cc1cc(C)n(CCN(CCCCc2ccc3c(n2)NCCC3)CC[C@H](Nc2ncnc3ccccc23)C(=O)O)n1. The van der Waals surface area contributed by atoms with Crippen LogP contribution in [0.2, 0.25) is 0 Å². The van der Waals surface area contributed by atoms with Gasteiger partial charge in [-0.25, -0.2) is 19.7 Å². The van der Waals surface area contributed by atoms with Gasteiger partial charge in [-0.05, 0) is 88.7 Å². The fourth-order valence-corrected chi connectivity index (χ4v) is 5.48. The second-order valence-electron chi connectivity index (χ2n) is 10.9. The van der Waals surface area contributed by atoms with Gasteiger partial charge in [0.15, 0.2) is 0 Å². The molecule has 216 valence electrons. The number of carboxylic acid groups (broad SMARTS) is 1. The molecule has 10 nitrogen and oxygen atoms in total. The van der Waals surface area contributed by atoms with E-state index in [0.717, 1.165) is 92.1 Å². The Labute approximate surface area is 241 Å². The summed E-state index contributed by atoms with van der Waals surface area (Å²) in [4.78, 5) is 28.1. The van der Waals surface area contributed by atoms with Gasteiger partial charge in [-0.2, -0.15) is 5.10 Å². The summed E-state index contributed by atoms with van der Waals surface area (Å²) in [5, 5.41) is 22.1.